The average Bonchev–Trinajstić information content (AvgIpc) is 3.33. The zero-order valence-corrected chi connectivity index (χ0v) is 14.4. The molecule has 4 rings (SSSR count). The molecule has 1 atom stereocenters. The van der Waals surface area contributed by atoms with Crippen LogP contribution in [0.3, 0.4) is 0 Å². The summed E-state index contributed by atoms with van der Waals surface area (Å²) in [6, 6.07) is 1.66. The third-order valence-electron chi connectivity index (χ3n) is 3.94. The number of nitrogens with one attached hydrogen (secondary N) is 3. The van der Waals surface area contributed by atoms with E-state index in [1.165, 1.54) is 6.07 Å². The first-order valence-electron chi connectivity index (χ1n) is 8.14. The molecule has 1 fully saturated rings. The van der Waals surface area contributed by atoms with Crippen molar-refractivity contribution in [2.75, 3.05) is 17.6 Å². The number of H-pyrrole nitrogens is 1. The monoisotopic (exact) mass is 378 g/mol. The Hall–Kier alpha value is -2.30. The van der Waals surface area contributed by atoms with Gasteiger partial charge in [-0.1, -0.05) is 0 Å². The number of aromatic nitrogens is 4. The van der Waals surface area contributed by atoms with E-state index >= 15 is 0 Å². The highest BCUT2D eigenvalue weighted by Crippen LogP contribution is 2.26. The van der Waals surface area contributed by atoms with E-state index in [0.29, 0.717) is 34.9 Å². The van der Waals surface area contributed by atoms with E-state index in [9.17, 15) is 13.3 Å². The minimum Gasteiger partial charge on any atom is -0.598 e. The Bertz CT molecular complexity index is 932. The van der Waals surface area contributed by atoms with E-state index in [0.717, 1.165) is 25.2 Å². The highest BCUT2D eigenvalue weighted by Gasteiger charge is 2.26. The Morgan fingerprint density at radius 1 is 1.27 bits per heavy atom. The minimum absolute atomic E-state index is 0.0112. The Morgan fingerprint density at radius 3 is 2.92 bits per heavy atom. The van der Waals surface area contributed by atoms with Crippen LogP contribution in [0.4, 0.5) is 14.6 Å². The summed E-state index contributed by atoms with van der Waals surface area (Å²) in [5.41, 5.74) is 1.01. The number of fused-ring (bicyclic) bond motifs is 1. The van der Waals surface area contributed by atoms with Crippen LogP contribution < -0.4 is 10.0 Å². The normalized spacial score (nSPS) is 15.3. The second kappa shape index (κ2) is 7.14. The molecule has 1 saturated carbocycles. The van der Waals surface area contributed by atoms with Gasteiger partial charge in [-0.3, -0.25) is 0 Å². The van der Waals surface area contributed by atoms with Gasteiger partial charge in [-0.05, 0) is 18.9 Å². The lowest BCUT2D eigenvalue weighted by atomic mass is 10.2. The molecule has 0 saturated heterocycles. The van der Waals surface area contributed by atoms with Crippen LogP contribution in [-0.4, -0.2) is 42.8 Å². The number of anilines is 1. The Balaban J connectivity index is 1.50. The highest BCUT2D eigenvalue weighted by atomic mass is 32.2. The van der Waals surface area contributed by atoms with Gasteiger partial charge in [0.25, 0.3) is 0 Å². The van der Waals surface area contributed by atoms with Gasteiger partial charge in [0, 0.05) is 28.5 Å². The molecule has 0 amide bonds. The van der Waals surface area contributed by atoms with Gasteiger partial charge >= 0.3 is 0 Å². The third-order valence-corrected chi connectivity index (χ3v) is 5.11. The standard InChI is InChI=1S/C16H16F2N6OS/c17-9-5-11-12(7-21-14(11)20-6-9)15-22-8-13(18)16(23-15)19-3-4-26(25)24-10-1-2-10/h5-8,10,24H,1-4H2,(H,20,21)(H,19,22,23). The Labute approximate surface area is 151 Å². The highest BCUT2D eigenvalue weighted by molar-refractivity contribution is 7.89. The molecule has 3 aromatic rings. The van der Waals surface area contributed by atoms with Crippen molar-refractivity contribution in [1.82, 2.24) is 24.7 Å². The van der Waals surface area contributed by atoms with Gasteiger partial charge in [0.05, 0.1) is 25.0 Å². The van der Waals surface area contributed by atoms with Gasteiger partial charge in [-0.15, -0.1) is 4.72 Å². The van der Waals surface area contributed by atoms with Gasteiger partial charge in [-0.2, -0.15) is 0 Å². The Kier molecular flexibility index (Phi) is 4.70. The fourth-order valence-electron chi connectivity index (χ4n) is 2.49. The van der Waals surface area contributed by atoms with Crippen LogP contribution in [0.2, 0.25) is 0 Å². The van der Waals surface area contributed by atoms with Gasteiger partial charge in [0.2, 0.25) is 0 Å². The Morgan fingerprint density at radius 2 is 2.12 bits per heavy atom. The molecule has 0 radical (unpaired) electrons. The van der Waals surface area contributed by atoms with Crippen molar-refractivity contribution in [3.05, 3.63) is 36.3 Å². The van der Waals surface area contributed by atoms with Crippen molar-refractivity contribution in [2.45, 2.75) is 18.9 Å². The number of aromatic amines is 1. The van der Waals surface area contributed by atoms with Gasteiger partial charge in [0.1, 0.15) is 17.2 Å². The number of hydrogen-bond acceptors (Lipinski definition) is 6. The maximum Gasteiger partial charge on any atom is 0.183 e. The maximum atomic E-state index is 14.0. The fraction of sp³-hybridized carbons (Fsp3) is 0.312. The molecule has 26 heavy (non-hydrogen) atoms. The van der Waals surface area contributed by atoms with Crippen molar-refractivity contribution >= 4 is 28.2 Å². The van der Waals surface area contributed by atoms with Gasteiger partial charge < -0.3 is 14.9 Å². The summed E-state index contributed by atoms with van der Waals surface area (Å²) in [5.74, 6) is -0.512. The molecule has 0 aromatic carbocycles. The van der Waals surface area contributed by atoms with Crippen molar-refractivity contribution < 1.29 is 13.3 Å². The van der Waals surface area contributed by atoms with E-state index in [1.807, 2.05) is 0 Å². The second-order valence-electron chi connectivity index (χ2n) is 6.01. The molecule has 0 aliphatic heterocycles. The minimum atomic E-state index is -1.16. The van der Waals surface area contributed by atoms with Crippen LogP contribution in [0.5, 0.6) is 0 Å². The number of hydrogen-bond donors (Lipinski definition) is 3. The van der Waals surface area contributed by atoms with Crippen LogP contribution >= 0.6 is 0 Å². The third kappa shape index (κ3) is 3.76. The zero-order chi connectivity index (χ0) is 18.1. The maximum absolute atomic E-state index is 14.0. The first kappa shape index (κ1) is 17.1. The van der Waals surface area contributed by atoms with Crippen molar-refractivity contribution in [1.29, 1.82) is 0 Å². The van der Waals surface area contributed by atoms with Crippen LogP contribution in [0.25, 0.3) is 22.4 Å². The van der Waals surface area contributed by atoms with E-state index < -0.39 is 23.0 Å². The molecule has 7 nitrogen and oxygen atoms in total. The molecule has 3 aromatic heterocycles. The first-order chi connectivity index (χ1) is 12.6. The molecule has 1 unspecified atom stereocenters. The zero-order valence-electron chi connectivity index (χ0n) is 13.6. The fourth-order valence-corrected chi connectivity index (χ4v) is 3.50. The average molecular weight is 378 g/mol. The summed E-state index contributed by atoms with van der Waals surface area (Å²) in [4.78, 5) is 15.0. The van der Waals surface area contributed by atoms with E-state index in [4.69, 9.17) is 0 Å². The molecule has 136 valence electrons. The topological polar surface area (TPSA) is 102 Å². The van der Waals surface area contributed by atoms with E-state index in [-0.39, 0.29) is 11.6 Å². The molecule has 0 bridgehead atoms. The van der Waals surface area contributed by atoms with Crippen molar-refractivity contribution in [3.63, 3.8) is 0 Å². The summed E-state index contributed by atoms with van der Waals surface area (Å²) < 4.78 is 42.2. The lowest BCUT2D eigenvalue weighted by Gasteiger charge is -2.12. The molecule has 10 heteroatoms. The number of rotatable bonds is 7. The molecule has 1 aliphatic carbocycles. The predicted octanol–water partition coefficient (Wildman–Crippen LogP) is 2.13. The number of halogens is 2. The van der Waals surface area contributed by atoms with Crippen LogP contribution in [0, 0.1) is 11.6 Å². The molecule has 3 N–H and O–H groups in total. The summed E-state index contributed by atoms with van der Waals surface area (Å²) in [6.07, 6.45) is 5.85. The smallest absolute Gasteiger partial charge is 0.183 e. The molecule has 1 aliphatic rings. The summed E-state index contributed by atoms with van der Waals surface area (Å²) in [6.45, 7) is 0.295. The van der Waals surface area contributed by atoms with Crippen LogP contribution in [-0.2, 0) is 11.4 Å². The molecule has 3 heterocycles. The lowest BCUT2D eigenvalue weighted by molar-refractivity contribution is 0.580. The van der Waals surface area contributed by atoms with E-state index in [2.05, 4.69) is 30.0 Å². The van der Waals surface area contributed by atoms with Crippen molar-refractivity contribution in [2.24, 2.45) is 0 Å². The van der Waals surface area contributed by atoms with Gasteiger partial charge in [-0.25, -0.2) is 23.7 Å². The first-order valence-corrected chi connectivity index (χ1v) is 9.46. The van der Waals surface area contributed by atoms with E-state index in [1.54, 1.807) is 6.20 Å². The summed E-state index contributed by atoms with van der Waals surface area (Å²) in [7, 11) is 0. The SMILES string of the molecule is [O-][S+](CCNc1nc(-c2c[nH]c3ncc(F)cc23)ncc1F)NC1CC1. The van der Waals surface area contributed by atoms with Gasteiger partial charge in [0.15, 0.2) is 17.5 Å². The molecule has 0 spiro atoms. The lowest BCUT2D eigenvalue weighted by Crippen LogP contribution is -2.31. The quantitative estimate of drug-likeness (QED) is 0.545. The molecular formula is C16H16F2N6OS. The van der Waals surface area contributed by atoms with Crippen LogP contribution in [0.15, 0.2) is 24.7 Å². The van der Waals surface area contributed by atoms with Crippen LogP contribution in [0.1, 0.15) is 12.8 Å². The van der Waals surface area contributed by atoms with Crippen molar-refractivity contribution in [3.8, 4) is 11.4 Å². The second-order valence-corrected chi connectivity index (χ2v) is 7.35. The summed E-state index contributed by atoms with van der Waals surface area (Å²) >= 11 is -1.16. The molecular weight excluding hydrogens is 362 g/mol. The number of pyridine rings is 1. The largest absolute Gasteiger partial charge is 0.598 e. The predicted molar refractivity (Wildman–Crippen MR) is 94.7 cm³/mol. The summed E-state index contributed by atoms with van der Waals surface area (Å²) in [5, 5.41) is 3.35. The number of nitrogens with zero attached hydrogens (tertiary/aromatic N) is 3.